The maximum absolute atomic E-state index is 12.0. The quantitative estimate of drug-likeness (QED) is 0.494. The average molecular weight is 224 g/mol. The van der Waals surface area contributed by atoms with Crippen LogP contribution in [0.4, 0.5) is 0 Å². The number of fused-ring (bicyclic) bond motifs is 2. The number of Topliss-reactive ketones (excluding diaryl/α,β-unsaturated/α-hetero) is 2. The second-order valence-corrected chi connectivity index (χ2v) is 5.50. The van der Waals surface area contributed by atoms with Gasteiger partial charge in [0.2, 0.25) is 11.6 Å². The van der Waals surface area contributed by atoms with E-state index in [1.54, 1.807) is 6.92 Å². The fraction of sp³-hybridized carbons (Fsp3) is 0.750. The first kappa shape index (κ1) is 11.3. The van der Waals surface area contributed by atoms with Crippen molar-refractivity contribution in [2.45, 2.75) is 40.2 Å². The van der Waals surface area contributed by atoms with Crippen LogP contribution in [0.3, 0.4) is 0 Å². The molecule has 0 heterocycles. The molecule has 0 N–H and O–H groups in total. The zero-order chi connectivity index (χ0) is 12.3. The van der Waals surface area contributed by atoms with Crippen LogP contribution < -0.4 is 0 Å². The Balaban J connectivity index is 2.43. The lowest BCUT2D eigenvalue weighted by Crippen LogP contribution is -2.45. The predicted octanol–water partition coefficient (Wildman–Crippen LogP) is 1.12. The third kappa shape index (κ3) is 1.02. The standard InChI is InChI=1S/C12H16O4/c1-6(13)16-8-5-7-9(14)10(15)12(8,4)11(7,2)3/h7-8H,5H2,1-4H3/t7-,8-,12+/m1/s1. The van der Waals surface area contributed by atoms with Crippen LogP contribution in [0.5, 0.6) is 0 Å². The summed E-state index contributed by atoms with van der Waals surface area (Å²) in [5.41, 5.74) is -1.26. The highest BCUT2D eigenvalue weighted by molar-refractivity contribution is 6.43. The van der Waals surface area contributed by atoms with Gasteiger partial charge in [-0.2, -0.15) is 0 Å². The Hall–Kier alpha value is -1.19. The van der Waals surface area contributed by atoms with Crippen LogP contribution in [0.25, 0.3) is 0 Å². The highest BCUT2D eigenvalue weighted by Gasteiger charge is 2.72. The number of hydrogen-bond donors (Lipinski definition) is 0. The van der Waals surface area contributed by atoms with Gasteiger partial charge in [-0.15, -0.1) is 0 Å². The van der Waals surface area contributed by atoms with E-state index >= 15 is 0 Å². The van der Waals surface area contributed by atoms with E-state index in [2.05, 4.69) is 0 Å². The van der Waals surface area contributed by atoms with Crippen molar-refractivity contribution < 1.29 is 19.1 Å². The summed E-state index contributed by atoms with van der Waals surface area (Å²) in [5, 5.41) is 0. The van der Waals surface area contributed by atoms with E-state index in [4.69, 9.17) is 4.74 Å². The molecule has 2 rings (SSSR count). The van der Waals surface area contributed by atoms with Crippen molar-refractivity contribution >= 4 is 17.5 Å². The van der Waals surface area contributed by atoms with Gasteiger partial charge in [-0.05, 0) is 18.8 Å². The molecule has 2 saturated carbocycles. The molecule has 0 unspecified atom stereocenters. The fourth-order valence-electron chi connectivity index (χ4n) is 3.18. The molecule has 0 aromatic heterocycles. The largest absolute Gasteiger partial charge is 0.461 e. The van der Waals surface area contributed by atoms with Crippen molar-refractivity contribution in [3.63, 3.8) is 0 Å². The number of rotatable bonds is 1. The minimum atomic E-state index is -0.847. The molecule has 0 aromatic carbocycles. The van der Waals surface area contributed by atoms with E-state index < -0.39 is 22.9 Å². The summed E-state index contributed by atoms with van der Waals surface area (Å²) in [6.07, 6.45) is 0.0309. The van der Waals surface area contributed by atoms with Gasteiger partial charge in [0.25, 0.3) is 0 Å². The van der Waals surface area contributed by atoms with E-state index in [-0.39, 0.29) is 17.5 Å². The maximum Gasteiger partial charge on any atom is 0.302 e. The van der Waals surface area contributed by atoms with Gasteiger partial charge in [0.1, 0.15) is 6.10 Å². The summed E-state index contributed by atoms with van der Waals surface area (Å²) in [5.74, 6) is -1.36. The molecule has 0 amide bonds. The van der Waals surface area contributed by atoms with Gasteiger partial charge >= 0.3 is 5.97 Å². The van der Waals surface area contributed by atoms with Crippen molar-refractivity contribution in [2.24, 2.45) is 16.7 Å². The van der Waals surface area contributed by atoms with Gasteiger partial charge < -0.3 is 4.74 Å². The van der Waals surface area contributed by atoms with Gasteiger partial charge in [-0.25, -0.2) is 0 Å². The average Bonchev–Trinajstić information content (AvgIpc) is 2.41. The molecule has 88 valence electrons. The van der Waals surface area contributed by atoms with Gasteiger partial charge in [-0.3, -0.25) is 14.4 Å². The summed E-state index contributed by atoms with van der Waals surface area (Å²) < 4.78 is 5.19. The molecule has 0 aliphatic heterocycles. The lowest BCUT2D eigenvalue weighted by Gasteiger charge is -2.35. The molecule has 16 heavy (non-hydrogen) atoms. The van der Waals surface area contributed by atoms with Crippen molar-refractivity contribution in [1.29, 1.82) is 0 Å². The van der Waals surface area contributed by atoms with Crippen LogP contribution in [0.1, 0.15) is 34.1 Å². The van der Waals surface area contributed by atoms with Crippen molar-refractivity contribution in [3.8, 4) is 0 Å². The topological polar surface area (TPSA) is 60.4 Å². The summed E-state index contributed by atoms with van der Waals surface area (Å²) in [4.78, 5) is 34.7. The molecule has 0 radical (unpaired) electrons. The van der Waals surface area contributed by atoms with E-state index in [0.717, 1.165) is 0 Å². The van der Waals surface area contributed by atoms with Crippen LogP contribution in [0.2, 0.25) is 0 Å². The lowest BCUT2D eigenvalue weighted by molar-refractivity contribution is -0.160. The first-order valence-electron chi connectivity index (χ1n) is 5.48. The summed E-state index contributed by atoms with van der Waals surface area (Å²) in [6.45, 7) is 6.89. The van der Waals surface area contributed by atoms with Crippen LogP contribution in [-0.2, 0) is 19.1 Å². The molecule has 0 aromatic rings. The number of ether oxygens (including phenoxy) is 1. The number of ketones is 2. The second-order valence-electron chi connectivity index (χ2n) is 5.50. The highest BCUT2D eigenvalue weighted by Crippen LogP contribution is 2.62. The molecule has 0 saturated heterocycles. The van der Waals surface area contributed by atoms with Crippen LogP contribution in [-0.4, -0.2) is 23.6 Å². The Morgan fingerprint density at radius 3 is 2.25 bits per heavy atom. The molecule has 2 aliphatic rings. The normalized spacial score (nSPS) is 40.2. The van der Waals surface area contributed by atoms with Crippen LogP contribution in [0.15, 0.2) is 0 Å². The van der Waals surface area contributed by atoms with E-state index in [1.165, 1.54) is 6.92 Å². The first-order valence-corrected chi connectivity index (χ1v) is 5.48. The summed E-state index contributed by atoms with van der Waals surface area (Å²) in [7, 11) is 0. The van der Waals surface area contributed by atoms with E-state index in [0.29, 0.717) is 6.42 Å². The number of carbonyl (C=O) groups excluding carboxylic acids is 3. The fourth-order valence-corrected chi connectivity index (χ4v) is 3.18. The predicted molar refractivity (Wildman–Crippen MR) is 55.6 cm³/mol. The molecule has 2 aliphatic carbocycles. The second kappa shape index (κ2) is 2.93. The van der Waals surface area contributed by atoms with Crippen LogP contribution >= 0.6 is 0 Å². The Bertz CT molecular complexity index is 396. The molecule has 4 heteroatoms. The zero-order valence-corrected chi connectivity index (χ0v) is 9.99. The van der Waals surface area contributed by atoms with E-state index in [9.17, 15) is 14.4 Å². The molecule has 2 bridgehead atoms. The van der Waals surface area contributed by atoms with Gasteiger partial charge in [0.05, 0.1) is 5.41 Å². The third-order valence-electron chi connectivity index (χ3n) is 4.62. The summed E-state index contributed by atoms with van der Waals surface area (Å²) >= 11 is 0. The Morgan fingerprint density at radius 2 is 1.88 bits per heavy atom. The van der Waals surface area contributed by atoms with Crippen molar-refractivity contribution in [2.75, 3.05) is 0 Å². The Morgan fingerprint density at radius 1 is 1.31 bits per heavy atom. The van der Waals surface area contributed by atoms with Gasteiger partial charge in [0, 0.05) is 12.8 Å². The number of hydrogen-bond acceptors (Lipinski definition) is 4. The van der Waals surface area contributed by atoms with Gasteiger partial charge in [0.15, 0.2) is 0 Å². The lowest BCUT2D eigenvalue weighted by atomic mass is 9.69. The zero-order valence-electron chi connectivity index (χ0n) is 9.99. The Labute approximate surface area is 94.3 Å². The molecule has 0 spiro atoms. The minimum Gasteiger partial charge on any atom is -0.461 e. The van der Waals surface area contributed by atoms with Gasteiger partial charge in [-0.1, -0.05) is 13.8 Å². The molecule has 4 nitrogen and oxygen atoms in total. The Kier molecular flexibility index (Phi) is 2.07. The number of esters is 1. The molecular weight excluding hydrogens is 208 g/mol. The minimum absolute atomic E-state index is 0.295. The molecule has 2 fully saturated rings. The monoisotopic (exact) mass is 224 g/mol. The number of carbonyl (C=O) groups is 3. The first-order chi connectivity index (χ1) is 7.23. The summed E-state index contributed by atoms with van der Waals surface area (Å²) in [6, 6.07) is 0. The maximum atomic E-state index is 12.0. The smallest absolute Gasteiger partial charge is 0.302 e. The highest BCUT2D eigenvalue weighted by atomic mass is 16.5. The third-order valence-corrected chi connectivity index (χ3v) is 4.62. The van der Waals surface area contributed by atoms with Crippen LogP contribution in [0, 0.1) is 16.7 Å². The molecule has 3 atom stereocenters. The van der Waals surface area contributed by atoms with E-state index in [1.807, 2.05) is 13.8 Å². The SMILES string of the molecule is CC(=O)O[C@@H]1C[C@@H]2C(=O)C(=O)[C@@]1(C)C2(C)C. The van der Waals surface area contributed by atoms with Crippen molar-refractivity contribution in [3.05, 3.63) is 0 Å². The molecular formula is C12H16O4. The van der Waals surface area contributed by atoms with Crippen molar-refractivity contribution in [1.82, 2.24) is 0 Å².